The molecule has 0 aliphatic carbocycles. The molecule has 0 saturated heterocycles. The molecule has 0 radical (unpaired) electrons. The fourth-order valence-corrected chi connectivity index (χ4v) is 1.05. The number of halogens is 2. The molecule has 0 spiro atoms. The van der Waals surface area contributed by atoms with E-state index in [1.165, 1.54) is 0 Å². The molecule has 0 amide bonds. The van der Waals surface area contributed by atoms with Crippen LogP contribution < -0.4 is 5.56 Å². The average Bonchev–Trinajstić information content (AvgIpc) is 2.09. The minimum Gasteiger partial charge on any atom is -0.494 e. The summed E-state index contributed by atoms with van der Waals surface area (Å²) in [5.74, 6) is -0.672. The number of aromatic nitrogens is 1. The summed E-state index contributed by atoms with van der Waals surface area (Å²) in [6.45, 7) is 0. The summed E-state index contributed by atoms with van der Waals surface area (Å²) in [6, 6.07) is 2.30. The van der Waals surface area contributed by atoms with Crippen LogP contribution in [0.5, 0.6) is 5.88 Å². The van der Waals surface area contributed by atoms with Crippen LogP contribution in [0.4, 0.5) is 8.78 Å². The second kappa shape index (κ2) is 3.87. The molecule has 0 aliphatic heterocycles. The highest BCUT2D eigenvalue weighted by molar-refractivity contribution is 5.36. The van der Waals surface area contributed by atoms with Crippen molar-refractivity contribution in [3.8, 4) is 11.9 Å². The Hall–Kier alpha value is -1.90. The number of aromatic hydroxyl groups is 1. The molecule has 14 heavy (non-hydrogen) atoms. The predicted molar refractivity (Wildman–Crippen MR) is 43.0 cm³/mol. The number of pyridine rings is 1. The van der Waals surface area contributed by atoms with Gasteiger partial charge >= 0.3 is 0 Å². The van der Waals surface area contributed by atoms with Gasteiger partial charge in [0.2, 0.25) is 0 Å². The van der Waals surface area contributed by atoms with Gasteiger partial charge in [-0.3, -0.25) is 9.78 Å². The SMILES string of the molecule is N#CCc1c(C(F)F)cc(=O)[nH]c1O. The average molecular weight is 200 g/mol. The van der Waals surface area contributed by atoms with Crippen LogP contribution in [0.15, 0.2) is 10.9 Å². The maximum atomic E-state index is 12.3. The van der Waals surface area contributed by atoms with Gasteiger partial charge in [0.05, 0.1) is 12.5 Å². The summed E-state index contributed by atoms with van der Waals surface area (Å²) in [5, 5.41) is 17.4. The molecule has 1 aromatic heterocycles. The van der Waals surface area contributed by atoms with Crippen molar-refractivity contribution < 1.29 is 13.9 Å². The summed E-state index contributed by atoms with van der Waals surface area (Å²) < 4.78 is 24.7. The van der Waals surface area contributed by atoms with Crippen molar-refractivity contribution in [3.63, 3.8) is 0 Å². The van der Waals surface area contributed by atoms with Gasteiger partial charge < -0.3 is 5.11 Å². The largest absolute Gasteiger partial charge is 0.494 e. The van der Waals surface area contributed by atoms with E-state index in [1.54, 1.807) is 6.07 Å². The quantitative estimate of drug-likeness (QED) is 0.749. The molecule has 0 fully saturated rings. The van der Waals surface area contributed by atoms with Crippen LogP contribution in [0.3, 0.4) is 0 Å². The molecule has 0 aromatic carbocycles. The van der Waals surface area contributed by atoms with Gasteiger partial charge in [0.25, 0.3) is 12.0 Å². The predicted octanol–water partition coefficient (Wildman–Crippen LogP) is 1.08. The van der Waals surface area contributed by atoms with Crippen molar-refractivity contribution in [2.45, 2.75) is 12.8 Å². The lowest BCUT2D eigenvalue weighted by atomic mass is 10.1. The Morgan fingerprint density at radius 3 is 2.79 bits per heavy atom. The van der Waals surface area contributed by atoms with Gasteiger partial charge in [0, 0.05) is 17.2 Å². The number of aromatic amines is 1. The van der Waals surface area contributed by atoms with Crippen molar-refractivity contribution >= 4 is 0 Å². The van der Waals surface area contributed by atoms with Gasteiger partial charge in [-0.25, -0.2) is 8.78 Å². The van der Waals surface area contributed by atoms with Gasteiger partial charge in [0.15, 0.2) is 5.88 Å². The van der Waals surface area contributed by atoms with Crippen LogP contribution in [-0.2, 0) is 6.42 Å². The molecule has 0 bridgehead atoms. The fraction of sp³-hybridized carbons (Fsp3) is 0.250. The minimum absolute atomic E-state index is 0.234. The standard InChI is InChI=1S/C8H6F2N2O2/c9-7(10)5-3-6(13)12-8(14)4(5)1-2-11/h3,7H,1H2,(H2,12,13,14). The van der Waals surface area contributed by atoms with Crippen molar-refractivity contribution in [1.29, 1.82) is 5.26 Å². The van der Waals surface area contributed by atoms with E-state index in [-0.39, 0.29) is 12.0 Å². The van der Waals surface area contributed by atoms with E-state index in [4.69, 9.17) is 10.4 Å². The Kier molecular flexibility index (Phi) is 2.82. The smallest absolute Gasteiger partial charge is 0.264 e. The zero-order valence-corrected chi connectivity index (χ0v) is 6.92. The number of nitrogens with one attached hydrogen (secondary N) is 1. The summed E-state index contributed by atoms with van der Waals surface area (Å²) in [7, 11) is 0. The summed E-state index contributed by atoms with van der Waals surface area (Å²) in [4.78, 5) is 12.7. The van der Waals surface area contributed by atoms with Gasteiger partial charge in [0.1, 0.15) is 0 Å². The lowest BCUT2D eigenvalue weighted by molar-refractivity contribution is 0.149. The summed E-state index contributed by atoms with van der Waals surface area (Å²) in [5.41, 5.74) is -1.66. The Morgan fingerprint density at radius 2 is 2.29 bits per heavy atom. The third-order valence-corrected chi connectivity index (χ3v) is 1.65. The maximum absolute atomic E-state index is 12.3. The van der Waals surface area contributed by atoms with Gasteiger partial charge in [-0.15, -0.1) is 0 Å². The first kappa shape index (κ1) is 10.2. The molecule has 1 heterocycles. The lowest BCUT2D eigenvalue weighted by Gasteiger charge is -2.06. The second-order valence-corrected chi connectivity index (χ2v) is 2.55. The van der Waals surface area contributed by atoms with E-state index >= 15 is 0 Å². The zero-order valence-electron chi connectivity index (χ0n) is 6.92. The highest BCUT2D eigenvalue weighted by Crippen LogP contribution is 2.26. The number of hydrogen-bond donors (Lipinski definition) is 2. The first-order chi connectivity index (χ1) is 6.56. The van der Waals surface area contributed by atoms with E-state index < -0.39 is 23.4 Å². The zero-order chi connectivity index (χ0) is 10.7. The molecule has 4 nitrogen and oxygen atoms in total. The van der Waals surface area contributed by atoms with Crippen LogP contribution in [-0.4, -0.2) is 10.1 Å². The Morgan fingerprint density at radius 1 is 1.64 bits per heavy atom. The van der Waals surface area contributed by atoms with Gasteiger partial charge in [-0.2, -0.15) is 5.26 Å². The minimum atomic E-state index is -2.88. The molecular weight excluding hydrogens is 194 g/mol. The Labute approximate surface area is 77.4 Å². The Balaban J connectivity index is 3.38. The number of nitriles is 1. The van der Waals surface area contributed by atoms with Crippen LogP contribution in [0.2, 0.25) is 0 Å². The monoisotopic (exact) mass is 200 g/mol. The van der Waals surface area contributed by atoms with E-state index in [2.05, 4.69) is 0 Å². The fourth-order valence-electron chi connectivity index (χ4n) is 1.05. The first-order valence-corrected chi connectivity index (χ1v) is 3.66. The molecule has 6 heteroatoms. The second-order valence-electron chi connectivity index (χ2n) is 2.55. The molecule has 2 N–H and O–H groups in total. The van der Waals surface area contributed by atoms with E-state index in [0.717, 1.165) is 0 Å². The van der Waals surface area contributed by atoms with Crippen LogP contribution in [0.1, 0.15) is 17.6 Å². The van der Waals surface area contributed by atoms with Crippen molar-refractivity contribution in [1.82, 2.24) is 4.98 Å². The maximum Gasteiger partial charge on any atom is 0.264 e. The van der Waals surface area contributed by atoms with Crippen molar-refractivity contribution in [2.24, 2.45) is 0 Å². The summed E-state index contributed by atoms with van der Waals surface area (Å²) in [6.07, 6.45) is -3.26. The number of alkyl halides is 2. The molecule has 0 unspecified atom stereocenters. The highest BCUT2D eigenvalue weighted by Gasteiger charge is 2.17. The normalized spacial score (nSPS) is 10.1. The third kappa shape index (κ3) is 1.88. The topological polar surface area (TPSA) is 76.9 Å². The van der Waals surface area contributed by atoms with Crippen LogP contribution >= 0.6 is 0 Å². The number of nitrogens with zero attached hydrogens (tertiary/aromatic N) is 1. The highest BCUT2D eigenvalue weighted by atomic mass is 19.3. The molecule has 1 aromatic rings. The van der Waals surface area contributed by atoms with Gasteiger partial charge in [-0.1, -0.05) is 0 Å². The van der Waals surface area contributed by atoms with Crippen LogP contribution in [0, 0.1) is 11.3 Å². The molecule has 1 rings (SSSR count). The van der Waals surface area contributed by atoms with Crippen molar-refractivity contribution in [2.75, 3.05) is 0 Å². The number of hydrogen-bond acceptors (Lipinski definition) is 3. The third-order valence-electron chi connectivity index (χ3n) is 1.65. The van der Waals surface area contributed by atoms with Crippen molar-refractivity contribution in [3.05, 3.63) is 27.5 Å². The summed E-state index contributed by atoms with van der Waals surface area (Å²) >= 11 is 0. The molecule has 0 aliphatic rings. The molecule has 74 valence electrons. The first-order valence-electron chi connectivity index (χ1n) is 3.66. The number of H-pyrrole nitrogens is 1. The number of rotatable bonds is 2. The van der Waals surface area contributed by atoms with E-state index in [0.29, 0.717) is 6.07 Å². The van der Waals surface area contributed by atoms with Crippen LogP contribution in [0.25, 0.3) is 0 Å². The molecule has 0 saturated carbocycles. The lowest BCUT2D eigenvalue weighted by Crippen LogP contribution is -2.09. The van der Waals surface area contributed by atoms with Gasteiger partial charge in [-0.05, 0) is 0 Å². The molecular formula is C8H6F2N2O2. The van der Waals surface area contributed by atoms with E-state index in [1.807, 2.05) is 4.98 Å². The van der Waals surface area contributed by atoms with E-state index in [9.17, 15) is 13.6 Å². The molecule has 0 atom stereocenters. The Bertz CT molecular complexity index is 434.